The molecule has 0 amide bonds. The van der Waals surface area contributed by atoms with E-state index in [0.717, 1.165) is 31.6 Å². The summed E-state index contributed by atoms with van der Waals surface area (Å²) < 4.78 is 26.0. The molecule has 2 rings (SSSR count). The van der Waals surface area contributed by atoms with Crippen molar-refractivity contribution < 1.29 is 8.42 Å². The molecule has 1 fully saturated rings. The zero-order valence-corrected chi connectivity index (χ0v) is 11.6. The van der Waals surface area contributed by atoms with Crippen molar-refractivity contribution in [2.45, 2.75) is 18.9 Å². The van der Waals surface area contributed by atoms with Crippen molar-refractivity contribution in [3.8, 4) is 0 Å². The lowest BCUT2D eigenvalue weighted by molar-refractivity contribution is 0.460. The Balaban J connectivity index is 1.86. The third kappa shape index (κ3) is 4.15. The van der Waals surface area contributed by atoms with Crippen LogP contribution in [0.5, 0.6) is 0 Å². The van der Waals surface area contributed by atoms with Gasteiger partial charge in [-0.2, -0.15) is 0 Å². The Morgan fingerprint density at radius 3 is 2.53 bits per heavy atom. The van der Waals surface area contributed by atoms with Crippen molar-refractivity contribution in [2.75, 3.05) is 30.3 Å². The van der Waals surface area contributed by atoms with Gasteiger partial charge < -0.3 is 10.6 Å². The van der Waals surface area contributed by atoms with Crippen molar-refractivity contribution in [1.82, 2.24) is 9.71 Å². The lowest BCUT2D eigenvalue weighted by Gasteiger charge is -2.33. The van der Waals surface area contributed by atoms with Gasteiger partial charge >= 0.3 is 0 Å². The van der Waals surface area contributed by atoms with E-state index in [9.17, 15) is 8.42 Å². The SMILES string of the molecule is NCCS(=O)(=O)NC1CCN(c2ccncc2)CC1. The standard InChI is InChI=1S/C12H20N4O2S/c13-5-10-19(17,18)15-11-3-8-16(9-4-11)12-1-6-14-7-2-12/h1-2,6-7,11,15H,3-5,8-10,13H2. The molecule has 7 heteroatoms. The Hall–Kier alpha value is -1.18. The van der Waals surface area contributed by atoms with Gasteiger partial charge in [0.1, 0.15) is 0 Å². The number of anilines is 1. The van der Waals surface area contributed by atoms with E-state index in [4.69, 9.17) is 5.73 Å². The zero-order valence-electron chi connectivity index (χ0n) is 10.8. The monoisotopic (exact) mass is 284 g/mol. The van der Waals surface area contributed by atoms with Crippen LogP contribution in [0.3, 0.4) is 0 Å². The molecule has 106 valence electrons. The predicted molar refractivity (Wildman–Crippen MR) is 75.4 cm³/mol. The first kappa shape index (κ1) is 14.2. The van der Waals surface area contributed by atoms with Crippen LogP contribution in [-0.4, -0.2) is 44.8 Å². The topological polar surface area (TPSA) is 88.3 Å². The molecule has 1 aromatic rings. The highest BCUT2D eigenvalue weighted by Gasteiger charge is 2.23. The molecule has 0 spiro atoms. The number of hydrogen-bond acceptors (Lipinski definition) is 5. The number of aromatic nitrogens is 1. The van der Waals surface area contributed by atoms with E-state index in [1.165, 1.54) is 0 Å². The molecule has 1 saturated heterocycles. The number of pyridine rings is 1. The number of nitrogens with two attached hydrogens (primary N) is 1. The van der Waals surface area contributed by atoms with E-state index in [1.807, 2.05) is 12.1 Å². The van der Waals surface area contributed by atoms with E-state index in [0.29, 0.717) is 0 Å². The minimum atomic E-state index is -3.22. The molecule has 1 aliphatic heterocycles. The molecule has 0 bridgehead atoms. The van der Waals surface area contributed by atoms with Gasteiger partial charge in [0.25, 0.3) is 0 Å². The van der Waals surface area contributed by atoms with Crippen molar-refractivity contribution in [2.24, 2.45) is 5.73 Å². The Bertz CT molecular complexity index is 484. The molecule has 0 atom stereocenters. The Labute approximate surface area is 114 Å². The highest BCUT2D eigenvalue weighted by atomic mass is 32.2. The minimum Gasteiger partial charge on any atom is -0.371 e. The zero-order chi connectivity index (χ0) is 13.7. The van der Waals surface area contributed by atoms with Crippen LogP contribution in [0.25, 0.3) is 0 Å². The van der Waals surface area contributed by atoms with Crippen LogP contribution in [0.1, 0.15) is 12.8 Å². The molecular weight excluding hydrogens is 264 g/mol. The number of sulfonamides is 1. The number of nitrogens with one attached hydrogen (secondary N) is 1. The second kappa shape index (κ2) is 6.31. The summed E-state index contributed by atoms with van der Waals surface area (Å²) in [7, 11) is -3.22. The molecule has 0 radical (unpaired) electrons. The van der Waals surface area contributed by atoms with Gasteiger partial charge in [-0.1, -0.05) is 0 Å². The van der Waals surface area contributed by atoms with Gasteiger partial charge in [-0.05, 0) is 25.0 Å². The minimum absolute atomic E-state index is 0.00241. The summed E-state index contributed by atoms with van der Waals surface area (Å²) in [6.07, 6.45) is 5.16. The first-order valence-corrected chi connectivity index (χ1v) is 8.11. The molecule has 3 N–H and O–H groups in total. The van der Waals surface area contributed by atoms with Gasteiger partial charge in [0.15, 0.2) is 0 Å². The molecular formula is C12H20N4O2S. The average molecular weight is 284 g/mol. The third-order valence-corrected chi connectivity index (χ3v) is 4.72. The van der Waals surface area contributed by atoms with Gasteiger partial charge in [-0.25, -0.2) is 13.1 Å². The maximum absolute atomic E-state index is 11.6. The van der Waals surface area contributed by atoms with Crippen LogP contribution in [0.2, 0.25) is 0 Å². The molecule has 1 aliphatic rings. The normalized spacial score (nSPS) is 17.6. The fourth-order valence-corrected chi connectivity index (χ4v) is 3.45. The maximum Gasteiger partial charge on any atom is 0.213 e. The summed E-state index contributed by atoms with van der Waals surface area (Å²) in [5.74, 6) is -0.00241. The lowest BCUT2D eigenvalue weighted by Crippen LogP contribution is -2.45. The van der Waals surface area contributed by atoms with Gasteiger partial charge in [0.2, 0.25) is 10.0 Å². The molecule has 19 heavy (non-hydrogen) atoms. The van der Waals surface area contributed by atoms with Gasteiger partial charge in [-0.15, -0.1) is 0 Å². The quantitative estimate of drug-likeness (QED) is 0.790. The molecule has 6 nitrogen and oxygen atoms in total. The largest absolute Gasteiger partial charge is 0.371 e. The van der Waals surface area contributed by atoms with Crippen molar-refractivity contribution >= 4 is 15.7 Å². The molecule has 2 heterocycles. The Morgan fingerprint density at radius 1 is 1.32 bits per heavy atom. The van der Waals surface area contributed by atoms with Gasteiger partial charge in [0, 0.05) is 43.8 Å². The number of hydrogen-bond donors (Lipinski definition) is 2. The maximum atomic E-state index is 11.6. The average Bonchev–Trinajstić information content (AvgIpc) is 2.40. The second-order valence-electron chi connectivity index (χ2n) is 4.69. The first-order chi connectivity index (χ1) is 9.11. The molecule has 0 saturated carbocycles. The van der Waals surface area contributed by atoms with Gasteiger partial charge in [-0.3, -0.25) is 4.98 Å². The summed E-state index contributed by atoms with van der Waals surface area (Å²) in [6.45, 7) is 1.85. The van der Waals surface area contributed by atoms with Crippen LogP contribution in [-0.2, 0) is 10.0 Å². The van der Waals surface area contributed by atoms with Crippen LogP contribution in [0.15, 0.2) is 24.5 Å². The number of nitrogens with zero attached hydrogens (tertiary/aromatic N) is 2. The van der Waals surface area contributed by atoms with Crippen LogP contribution < -0.4 is 15.4 Å². The Morgan fingerprint density at radius 2 is 1.95 bits per heavy atom. The highest BCUT2D eigenvalue weighted by molar-refractivity contribution is 7.89. The Kier molecular flexibility index (Phi) is 4.73. The molecule has 0 unspecified atom stereocenters. The van der Waals surface area contributed by atoms with Crippen molar-refractivity contribution in [3.63, 3.8) is 0 Å². The van der Waals surface area contributed by atoms with Crippen molar-refractivity contribution in [1.29, 1.82) is 0 Å². The number of rotatable bonds is 5. The van der Waals surface area contributed by atoms with E-state index in [1.54, 1.807) is 12.4 Å². The molecule has 0 aromatic carbocycles. The molecule has 0 aliphatic carbocycles. The van der Waals surface area contributed by atoms with E-state index < -0.39 is 10.0 Å². The van der Waals surface area contributed by atoms with Crippen molar-refractivity contribution in [3.05, 3.63) is 24.5 Å². The summed E-state index contributed by atoms with van der Waals surface area (Å²) in [5, 5.41) is 0. The fourth-order valence-electron chi connectivity index (χ4n) is 2.28. The van der Waals surface area contributed by atoms with Crippen LogP contribution >= 0.6 is 0 Å². The summed E-state index contributed by atoms with van der Waals surface area (Å²) in [6, 6.07) is 3.97. The summed E-state index contributed by atoms with van der Waals surface area (Å²) in [5.41, 5.74) is 6.42. The highest BCUT2D eigenvalue weighted by Crippen LogP contribution is 2.19. The third-order valence-electron chi connectivity index (χ3n) is 3.26. The fraction of sp³-hybridized carbons (Fsp3) is 0.583. The summed E-state index contributed by atoms with van der Waals surface area (Å²) >= 11 is 0. The first-order valence-electron chi connectivity index (χ1n) is 6.46. The lowest BCUT2D eigenvalue weighted by atomic mass is 10.1. The summed E-state index contributed by atoms with van der Waals surface area (Å²) in [4.78, 5) is 6.24. The smallest absolute Gasteiger partial charge is 0.213 e. The number of piperidine rings is 1. The predicted octanol–water partition coefficient (Wildman–Crippen LogP) is -0.0715. The van der Waals surface area contributed by atoms with Crippen LogP contribution in [0.4, 0.5) is 5.69 Å². The second-order valence-corrected chi connectivity index (χ2v) is 6.57. The van der Waals surface area contributed by atoms with E-state index in [2.05, 4.69) is 14.6 Å². The van der Waals surface area contributed by atoms with Gasteiger partial charge in [0.05, 0.1) is 5.75 Å². The molecule has 1 aromatic heterocycles. The van der Waals surface area contributed by atoms with E-state index in [-0.39, 0.29) is 18.3 Å². The van der Waals surface area contributed by atoms with Crippen LogP contribution in [0, 0.1) is 0 Å². The van der Waals surface area contributed by atoms with E-state index >= 15 is 0 Å².